The molecule has 8 heteroatoms. The molecule has 124 valence electrons. The van der Waals surface area contributed by atoms with Crippen molar-refractivity contribution in [1.82, 2.24) is 14.2 Å². The predicted molar refractivity (Wildman–Crippen MR) is 83.9 cm³/mol. The fourth-order valence-corrected chi connectivity index (χ4v) is 4.18. The molecule has 0 radical (unpaired) electrons. The SMILES string of the molecule is CC(C)N1C[C@@H](C)[C@H](NS(=O)(=O)c2cc(C(N)=O)n(C)c2)C1. The highest BCUT2D eigenvalue weighted by Gasteiger charge is 2.34. The van der Waals surface area contributed by atoms with Gasteiger partial charge >= 0.3 is 0 Å². The molecule has 2 heterocycles. The molecule has 0 bridgehead atoms. The van der Waals surface area contributed by atoms with Gasteiger partial charge in [-0.2, -0.15) is 0 Å². The van der Waals surface area contributed by atoms with E-state index in [0.29, 0.717) is 12.6 Å². The summed E-state index contributed by atoms with van der Waals surface area (Å²) in [6.07, 6.45) is 1.41. The molecule has 2 atom stereocenters. The average Bonchev–Trinajstić information content (AvgIpc) is 2.94. The lowest BCUT2D eigenvalue weighted by molar-refractivity contribution is 0.0992. The van der Waals surface area contributed by atoms with Crippen LogP contribution in [-0.2, 0) is 17.1 Å². The van der Waals surface area contributed by atoms with Crippen molar-refractivity contribution in [2.75, 3.05) is 13.1 Å². The first-order valence-corrected chi connectivity index (χ1v) is 8.82. The van der Waals surface area contributed by atoms with Crippen molar-refractivity contribution in [2.45, 2.75) is 37.8 Å². The van der Waals surface area contributed by atoms with Crippen molar-refractivity contribution >= 4 is 15.9 Å². The zero-order valence-corrected chi connectivity index (χ0v) is 14.2. The van der Waals surface area contributed by atoms with Crippen LogP contribution < -0.4 is 10.5 Å². The van der Waals surface area contributed by atoms with Crippen molar-refractivity contribution in [3.05, 3.63) is 18.0 Å². The molecule has 1 saturated heterocycles. The Bertz CT molecular complexity index is 666. The number of primary amides is 1. The molecule has 1 aromatic heterocycles. The second-order valence-electron chi connectivity index (χ2n) is 6.29. The van der Waals surface area contributed by atoms with Gasteiger partial charge in [-0.05, 0) is 25.8 Å². The minimum absolute atomic E-state index is 0.0685. The molecule has 7 nitrogen and oxygen atoms in total. The van der Waals surface area contributed by atoms with Crippen molar-refractivity contribution in [3.8, 4) is 0 Å². The summed E-state index contributed by atoms with van der Waals surface area (Å²) < 4.78 is 29.2. The van der Waals surface area contributed by atoms with E-state index >= 15 is 0 Å². The van der Waals surface area contributed by atoms with E-state index in [0.717, 1.165) is 6.54 Å². The molecule has 1 fully saturated rings. The molecule has 1 aromatic rings. The van der Waals surface area contributed by atoms with Crippen LogP contribution >= 0.6 is 0 Å². The largest absolute Gasteiger partial charge is 0.364 e. The van der Waals surface area contributed by atoms with Crippen molar-refractivity contribution in [3.63, 3.8) is 0 Å². The number of nitrogens with two attached hydrogens (primary N) is 1. The topological polar surface area (TPSA) is 97.4 Å². The van der Waals surface area contributed by atoms with Crippen LogP contribution in [0.2, 0.25) is 0 Å². The van der Waals surface area contributed by atoms with E-state index in [4.69, 9.17) is 5.73 Å². The van der Waals surface area contributed by atoms with Crippen LogP contribution in [0.1, 0.15) is 31.3 Å². The molecule has 0 aliphatic carbocycles. The van der Waals surface area contributed by atoms with Gasteiger partial charge in [0.1, 0.15) is 10.6 Å². The lowest BCUT2D eigenvalue weighted by atomic mass is 10.1. The van der Waals surface area contributed by atoms with Gasteiger partial charge in [0.05, 0.1) is 0 Å². The highest BCUT2D eigenvalue weighted by Crippen LogP contribution is 2.21. The molecule has 1 amide bonds. The molecule has 22 heavy (non-hydrogen) atoms. The number of aryl methyl sites for hydroxylation is 1. The minimum Gasteiger partial charge on any atom is -0.364 e. The van der Waals surface area contributed by atoms with Crippen molar-refractivity contribution in [2.24, 2.45) is 18.7 Å². The van der Waals surface area contributed by atoms with E-state index in [2.05, 4.69) is 23.5 Å². The first-order valence-electron chi connectivity index (χ1n) is 7.34. The Balaban J connectivity index is 2.18. The number of likely N-dealkylation sites (tertiary alicyclic amines) is 1. The number of carbonyl (C=O) groups is 1. The van der Waals surface area contributed by atoms with Gasteiger partial charge < -0.3 is 10.3 Å². The second-order valence-corrected chi connectivity index (χ2v) is 8.00. The van der Waals surface area contributed by atoms with Gasteiger partial charge in [-0.25, -0.2) is 13.1 Å². The maximum absolute atomic E-state index is 12.5. The van der Waals surface area contributed by atoms with Crippen LogP contribution in [0.25, 0.3) is 0 Å². The lowest BCUT2D eigenvalue weighted by Crippen LogP contribution is -2.40. The Labute approximate surface area is 131 Å². The summed E-state index contributed by atoms with van der Waals surface area (Å²) in [6.45, 7) is 7.79. The summed E-state index contributed by atoms with van der Waals surface area (Å²) >= 11 is 0. The molecular weight excluding hydrogens is 304 g/mol. The Morgan fingerprint density at radius 1 is 1.41 bits per heavy atom. The molecule has 0 aromatic carbocycles. The van der Waals surface area contributed by atoms with Crippen LogP contribution in [0, 0.1) is 5.92 Å². The highest BCUT2D eigenvalue weighted by molar-refractivity contribution is 7.89. The van der Waals surface area contributed by atoms with Gasteiger partial charge in [-0.3, -0.25) is 9.69 Å². The Morgan fingerprint density at radius 3 is 2.50 bits per heavy atom. The maximum atomic E-state index is 12.5. The lowest BCUT2D eigenvalue weighted by Gasteiger charge is -2.20. The van der Waals surface area contributed by atoms with Gasteiger partial charge in [-0.1, -0.05) is 6.92 Å². The van der Waals surface area contributed by atoms with Crippen LogP contribution in [-0.4, -0.2) is 49.0 Å². The van der Waals surface area contributed by atoms with Gasteiger partial charge in [-0.15, -0.1) is 0 Å². The number of nitrogens with one attached hydrogen (secondary N) is 1. The van der Waals surface area contributed by atoms with Gasteiger partial charge in [0.25, 0.3) is 5.91 Å². The van der Waals surface area contributed by atoms with Crippen molar-refractivity contribution < 1.29 is 13.2 Å². The molecule has 2 rings (SSSR count). The van der Waals surface area contributed by atoms with E-state index in [-0.39, 0.29) is 22.5 Å². The standard InChI is InChI=1S/C14H24N4O3S/c1-9(2)18-6-10(3)12(8-18)16-22(20,21)11-5-13(14(15)19)17(4)7-11/h5,7,9-10,12,16H,6,8H2,1-4H3,(H2,15,19)/t10-,12-/m1/s1. The summed E-state index contributed by atoms with van der Waals surface area (Å²) in [5, 5.41) is 0. The third-order valence-corrected chi connectivity index (χ3v) is 5.68. The number of carbonyl (C=O) groups excluding carboxylic acids is 1. The number of hydrogen-bond donors (Lipinski definition) is 2. The third kappa shape index (κ3) is 3.34. The summed E-state index contributed by atoms with van der Waals surface area (Å²) in [5.74, 6) is -0.416. The number of sulfonamides is 1. The number of rotatable bonds is 5. The third-order valence-electron chi connectivity index (χ3n) is 4.22. The van der Waals surface area contributed by atoms with E-state index in [1.54, 1.807) is 7.05 Å². The first kappa shape index (κ1) is 17.0. The number of hydrogen-bond acceptors (Lipinski definition) is 4. The molecule has 1 aliphatic heterocycles. The Morgan fingerprint density at radius 2 is 2.05 bits per heavy atom. The Hall–Kier alpha value is -1.38. The molecule has 0 saturated carbocycles. The zero-order chi connectivity index (χ0) is 16.7. The smallest absolute Gasteiger partial charge is 0.265 e. The van der Waals surface area contributed by atoms with Crippen LogP contribution in [0.3, 0.4) is 0 Å². The minimum atomic E-state index is -3.67. The molecule has 0 unspecified atom stereocenters. The Kier molecular flexibility index (Phi) is 4.65. The second kappa shape index (κ2) is 6.02. The number of aromatic nitrogens is 1. The summed E-state index contributed by atoms with van der Waals surface area (Å²) in [6, 6.07) is 1.56. The molecule has 3 N–H and O–H groups in total. The fraction of sp³-hybridized carbons (Fsp3) is 0.643. The quantitative estimate of drug-likeness (QED) is 0.803. The summed E-state index contributed by atoms with van der Waals surface area (Å²) in [7, 11) is -2.07. The summed E-state index contributed by atoms with van der Waals surface area (Å²) in [4.78, 5) is 13.6. The first-order chi connectivity index (χ1) is 10.1. The fourth-order valence-electron chi connectivity index (χ4n) is 2.77. The highest BCUT2D eigenvalue weighted by atomic mass is 32.2. The summed E-state index contributed by atoms with van der Waals surface area (Å²) in [5.41, 5.74) is 5.40. The van der Waals surface area contributed by atoms with Gasteiger partial charge in [0.2, 0.25) is 10.0 Å². The molecule has 1 aliphatic rings. The van der Waals surface area contributed by atoms with Crippen LogP contribution in [0.4, 0.5) is 0 Å². The molecule has 0 spiro atoms. The maximum Gasteiger partial charge on any atom is 0.265 e. The van der Waals surface area contributed by atoms with E-state index < -0.39 is 15.9 Å². The predicted octanol–water partition coefficient (Wildman–Crippen LogP) is 0.131. The van der Waals surface area contributed by atoms with Crippen LogP contribution in [0.15, 0.2) is 17.2 Å². The normalized spacial score (nSPS) is 23.3. The monoisotopic (exact) mass is 328 g/mol. The number of nitrogens with zero attached hydrogens (tertiary/aromatic N) is 2. The van der Waals surface area contributed by atoms with Gasteiger partial charge in [0.15, 0.2) is 0 Å². The van der Waals surface area contributed by atoms with Gasteiger partial charge in [0, 0.05) is 38.4 Å². The van der Waals surface area contributed by atoms with Crippen molar-refractivity contribution in [1.29, 1.82) is 0 Å². The number of amides is 1. The van der Waals surface area contributed by atoms with E-state index in [9.17, 15) is 13.2 Å². The van der Waals surface area contributed by atoms with E-state index in [1.165, 1.54) is 16.8 Å². The average molecular weight is 328 g/mol. The zero-order valence-electron chi connectivity index (χ0n) is 13.4. The van der Waals surface area contributed by atoms with Crippen LogP contribution in [0.5, 0.6) is 0 Å². The molecular formula is C14H24N4O3S. The van der Waals surface area contributed by atoms with E-state index in [1.807, 2.05) is 6.92 Å².